The summed E-state index contributed by atoms with van der Waals surface area (Å²) in [5.41, 5.74) is 1.28. The molecule has 0 spiro atoms. The van der Waals surface area contributed by atoms with Gasteiger partial charge >= 0.3 is 5.97 Å². The van der Waals surface area contributed by atoms with Crippen molar-refractivity contribution in [3.8, 4) is 0 Å². The van der Waals surface area contributed by atoms with Gasteiger partial charge in [0.2, 0.25) is 5.54 Å². The number of carbonyl (C=O) groups excluding carboxylic acids is 1. The third-order valence-corrected chi connectivity index (χ3v) is 7.61. The van der Waals surface area contributed by atoms with Crippen molar-refractivity contribution >= 4 is 5.97 Å². The van der Waals surface area contributed by atoms with Crippen LogP contribution in [0.15, 0.2) is 60.7 Å². The molecule has 182 valence electrons. The highest BCUT2D eigenvalue weighted by atomic mass is 16.6. The summed E-state index contributed by atoms with van der Waals surface area (Å²) in [7, 11) is 1.42. The number of carbonyl (C=O) groups is 1. The van der Waals surface area contributed by atoms with Crippen LogP contribution in [0.4, 0.5) is 0 Å². The molecule has 1 saturated heterocycles. The van der Waals surface area contributed by atoms with Crippen molar-refractivity contribution in [3.63, 3.8) is 0 Å². The van der Waals surface area contributed by atoms with Crippen LogP contribution in [0.5, 0.6) is 0 Å². The summed E-state index contributed by atoms with van der Waals surface area (Å²) in [4.78, 5) is 29.4. The maximum atomic E-state index is 12.9. The molecule has 0 unspecified atom stereocenters. The van der Waals surface area contributed by atoms with Gasteiger partial charge in [0.25, 0.3) is 0 Å². The third-order valence-electron chi connectivity index (χ3n) is 7.61. The lowest BCUT2D eigenvalue weighted by atomic mass is 9.71. The van der Waals surface area contributed by atoms with Crippen LogP contribution in [-0.4, -0.2) is 59.5 Å². The largest absolute Gasteiger partial charge is 0.469 e. The number of benzene rings is 2. The minimum Gasteiger partial charge on any atom is -0.469 e. The maximum Gasteiger partial charge on any atom is 0.308 e. The monoisotopic (exact) mass is 465 g/mol. The number of hydrogen-bond acceptors (Lipinski definition) is 6. The van der Waals surface area contributed by atoms with Gasteiger partial charge in [-0.3, -0.25) is 24.7 Å². The smallest absolute Gasteiger partial charge is 0.308 e. The van der Waals surface area contributed by atoms with E-state index in [0.29, 0.717) is 51.9 Å². The van der Waals surface area contributed by atoms with Crippen molar-refractivity contribution in [2.24, 2.45) is 11.8 Å². The van der Waals surface area contributed by atoms with Crippen molar-refractivity contribution in [3.05, 3.63) is 81.9 Å². The Morgan fingerprint density at radius 2 is 1.38 bits per heavy atom. The first-order valence-corrected chi connectivity index (χ1v) is 12.2. The highest BCUT2D eigenvalue weighted by Crippen LogP contribution is 2.40. The van der Waals surface area contributed by atoms with E-state index in [-0.39, 0.29) is 22.7 Å². The molecule has 1 heterocycles. The van der Waals surface area contributed by atoms with Gasteiger partial charge in [-0.2, -0.15) is 0 Å². The Hall–Kier alpha value is -2.77. The second kappa shape index (κ2) is 11.1. The number of nitrogens with zero attached hydrogens (tertiary/aromatic N) is 3. The molecule has 7 nitrogen and oxygen atoms in total. The molecule has 2 aliphatic rings. The average Bonchev–Trinajstić information content (AvgIpc) is 3.05. The number of ether oxygens (including phenoxy) is 1. The quantitative estimate of drug-likeness (QED) is 0.350. The average molecular weight is 466 g/mol. The fraction of sp³-hybridized carbons (Fsp3) is 0.519. The van der Waals surface area contributed by atoms with E-state index in [4.69, 9.17) is 4.74 Å². The zero-order valence-corrected chi connectivity index (χ0v) is 20.0. The molecule has 2 aromatic carbocycles. The number of methoxy groups -OCH3 is 1. The van der Waals surface area contributed by atoms with Crippen molar-refractivity contribution in [1.82, 2.24) is 9.80 Å². The zero-order chi connectivity index (χ0) is 24.0. The SMILES string of the molecule is COC(=O)C1CCC(C2([N+](=O)[O-])CN(Cc3ccccc3)CCN(Cc3ccccc3)C2)CC1. The van der Waals surface area contributed by atoms with Gasteiger partial charge in [-0.15, -0.1) is 0 Å². The topological polar surface area (TPSA) is 75.9 Å². The Balaban J connectivity index is 1.59. The molecule has 7 heteroatoms. The molecule has 34 heavy (non-hydrogen) atoms. The molecule has 0 N–H and O–H groups in total. The maximum absolute atomic E-state index is 12.9. The van der Waals surface area contributed by atoms with Gasteiger partial charge in [-0.05, 0) is 36.8 Å². The van der Waals surface area contributed by atoms with Gasteiger partial charge in [0, 0.05) is 37.0 Å². The lowest BCUT2D eigenvalue weighted by Crippen LogP contribution is -2.58. The molecule has 1 saturated carbocycles. The lowest BCUT2D eigenvalue weighted by Gasteiger charge is -2.39. The Kier molecular flexibility index (Phi) is 7.95. The van der Waals surface area contributed by atoms with Crippen molar-refractivity contribution in [2.45, 2.75) is 44.3 Å². The second-order valence-electron chi connectivity index (χ2n) is 9.82. The predicted molar refractivity (Wildman–Crippen MR) is 131 cm³/mol. The first-order valence-electron chi connectivity index (χ1n) is 12.2. The van der Waals surface area contributed by atoms with Crippen LogP contribution in [0.2, 0.25) is 0 Å². The standard InChI is InChI=1S/C27H35N3O4/c1-34-26(31)24-12-14-25(15-13-24)27(30(32)33)20-28(18-22-8-4-2-5-9-22)16-17-29(21-27)19-23-10-6-3-7-11-23/h2-11,24-25H,12-21H2,1H3. The van der Waals surface area contributed by atoms with Crippen molar-refractivity contribution < 1.29 is 14.5 Å². The molecular weight excluding hydrogens is 430 g/mol. The molecule has 0 bridgehead atoms. The number of rotatable bonds is 7. The summed E-state index contributed by atoms with van der Waals surface area (Å²) in [6.45, 7) is 3.82. The molecular formula is C27H35N3O4. The molecule has 2 fully saturated rings. The molecule has 1 aliphatic carbocycles. The number of hydrogen-bond donors (Lipinski definition) is 0. The fourth-order valence-corrected chi connectivity index (χ4v) is 5.77. The van der Waals surface area contributed by atoms with Crippen molar-refractivity contribution in [2.75, 3.05) is 33.3 Å². The van der Waals surface area contributed by atoms with Crippen LogP contribution in [0.3, 0.4) is 0 Å². The minimum absolute atomic E-state index is 0.00254. The minimum atomic E-state index is -1.07. The van der Waals surface area contributed by atoms with E-state index in [2.05, 4.69) is 34.1 Å². The lowest BCUT2D eigenvalue weighted by molar-refractivity contribution is -0.582. The molecule has 2 aromatic rings. The van der Waals surface area contributed by atoms with Crippen LogP contribution in [-0.2, 0) is 22.6 Å². The second-order valence-corrected chi connectivity index (χ2v) is 9.82. The highest BCUT2D eigenvalue weighted by molar-refractivity contribution is 5.72. The van der Waals surface area contributed by atoms with Gasteiger partial charge in [-0.1, -0.05) is 60.7 Å². The molecule has 0 aromatic heterocycles. The van der Waals surface area contributed by atoms with E-state index in [1.165, 1.54) is 18.2 Å². The predicted octanol–water partition coefficient (Wildman–Crippen LogP) is 4.00. The van der Waals surface area contributed by atoms with Crippen LogP contribution >= 0.6 is 0 Å². The van der Waals surface area contributed by atoms with Crippen LogP contribution in [0, 0.1) is 22.0 Å². The number of esters is 1. The van der Waals surface area contributed by atoms with Crippen LogP contribution in [0.25, 0.3) is 0 Å². The van der Waals surface area contributed by atoms with Gasteiger partial charge in [0.05, 0.1) is 26.1 Å². The fourth-order valence-electron chi connectivity index (χ4n) is 5.77. The van der Waals surface area contributed by atoms with E-state index >= 15 is 0 Å². The van der Waals surface area contributed by atoms with E-state index in [1.54, 1.807) is 0 Å². The molecule has 0 atom stereocenters. The van der Waals surface area contributed by atoms with Gasteiger partial charge in [-0.25, -0.2) is 0 Å². The van der Waals surface area contributed by atoms with Gasteiger partial charge < -0.3 is 4.74 Å². The van der Waals surface area contributed by atoms with Gasteiger partial charge in [0.1, 0.15) is 0 Å². The normalized spacial score (nSPS) is 23.7. The summed E-state index contributed by atoms with van der Waals surface area (Å²) in [6, 6.07) is 20.4. The number of nitro groups is 1. The van der Waals surface area contributed by atoms with Gasteiger partial charge in [0.15, 0.2) is 0 Å². The first-order chi connectivity index (χ1) is 16.5. The summed E-state index contributed by atoms with van der Waals surface area (Å²) in [6.07, 6.45) is 2.67. The Morgan fingerprint density at radius 1 is 0.912 bits per heavy atom. The van der Waals surface area contributed by atoms with Crippen LogP contribution < -0.4 is 0 Å². The van der Waals surface area contributed by atoms with Crippen molar-refractivity contribution in [1.29, 1.82) is 0 Å². The highest BCUT2D eigenvalue weighted by Gasteiger charge is 2.54. The molecule has 0 radical (unpaired) electrons. The summed E-state index contributed by atoms with van der Waals surface area (Å²) in [5, 5.41) is 12.9. The van der Waals surface area contributed by atoms with E-state index in [0.717, 1.165) is 13.1 Å². The first kappa shape index (κ1) is 24.4. The third kappa shape index (κ3) is 5.65. The van der Waals surface area contributed by atoms with Crippen LogP contribution in [0.1, 0.15) is 36.8 Å². The van der Waals surface area contributed by atoms with E-state index in [1.807, 2.05) is 36.4 Å². The summed E-state index contributed by atoms with van der Waals surface area (Å²) >= 11 is 0. The summed E-state index contributed by atoms with van der Waals surface area (Å²) in [5.74, 6) is -0.402. The molecule has 0 amide bonds. The Morgan fingerprint density at radius 3 is 1.79 bits per heavy atom. The zero-order valence-electron chi connectivity index (χ0n) is 20.0. The Labute approximate surface area is 201 Å². The van der Waals surface area contributed by atoms with E-state index < -0.39 is 5.54 Å². The summed E-state index contributed by atoms with van der Waals surface area (Å²) < 4.78 is 4.94. The Bertz CT molecular complexity index is 893. The molecule has 4 rings (SSSR count). The van der Waals surface area contributed by atoms with E-state index in [9.17, 15) is 14.9 Å². The molecule has 1 aliphatic heterocycles.